The van der Waals surface area contributed by atoms with Gasteiger partial charge in [-0.2, -0.15) is 5.06 Å². The van der Waals surface area contributed by atoms with Gasteiger partial charge in [0, 0.05) is 43.2 Å². The number of nitrogens with one attached hydrogen (secondary N) is 2. The van der Waals surface area contributed by atoms with Crippen molar-refractivity contribution in [1.82, 2.24) is 20.6 Å². The highest BCUT2D eigenvalue weighted by Gasteiger charge is 2.56. The summed E-state index contributed by atoms with van der Waals surface area (Å²) >= 11 is 0. The molecular weight excluding hydrogens is 564 g/mol. The molecule has 4 aliphatic rings. The number of carbonyl (C=O) groups is 2. The Morgan fingerprint density at radius 1 is 1.04 bits per heavy atom. The third kappa shape index (κ3) is 6.99. The van der Waals surface area contributed by atoms with Crippen LogP contribution in [-0.4, -0.2) is 78.4 Å². The molecule has 2 bridgehead atoms. The van der Waals surface area contributed by atoms with E-state index < -0.39 is 5.60 Å². The predicted octanol–water partition coefficient (Wildman–Crippen LogP) is 5.12. The second-order valence-electron chi connectivity index (χ2n) is 15.0. The molecule has 45 heavy (non-hydrogen) atoms. The summed E-state index contributed by atoms with van der Waals surface area (Å²) < 4.78 is 0. The molecule has 6 rings (SSSR count). The summed E-state index contributed by atoms with van der Waals surface area (Å²) in [5.74, 6) is 1.25. The minimum Gasteiger partial charge on any atom is -0.393 e. The van der Waals surface area contributed by atoms with Crippen LogP contribution in [-0.2, 0) is 16.2 Å². The minimum atomic E-state index is -1.27. The number of aliphatic hydroxyl groups is 1. The second kappa shape index (κ2) is 13.5. The van der Waals surface area contributed by atoms with E-state index >= 15 is 0 Å². The van der Waals surface area contributed by atoms with E-state index in [9.17, 15) is 14.7 Å². The first-order valence-electron chi connectivity index (χ1n) is 16.9. The number of nitrogens with zero attached hydrogens (tertiary/aromatic N) is 2. The first-order valence-corrected chi connectivity index (χ1v) is 16.9. The number of benzene rings is 2. The van der Waals surface area contributed by atoms with Gasteiger partial charge in [0.25, 0.3) is 11.8 Å². The van der Waals surface area contributed by atoms with Crippen LogP contribution in [0.1, 0.15) is 76.2 Å². The van der Waals surface area contributed by atoms with Crippen molar-refractivity contribution >= 4 is 11.8 Å². The fourth-order valence-electron chi connectivity index (χ4n) is 7.84. The number of aliphatic hydroxyl groups excluding tert-OH is 1. The van der Waals surface area contributed by atoms with E-state index in [1.807, 2.05) is 61.6 Å². The summed E-state index contributed by atoms with van der Waals surface area (Å²) in [7, 11) is 4.03. The number of likely N-dealkylation sites (N-methyl/N-ethyl adjacent to an activating group) is 1. The Morgan fingerprint density at radius 2 is 1.71 bits per heavy atom. The van der Waals surface area contributed by atoms with Crippen molar-refractivity contribution in [2.75, 3.05) is 33.8 Å². The Morgan fingerprint density at radius 3 is 2.31 bits per heavy atom. The topological polar surface area (TPSA) is 94.1 Å². The number of fused-ring (bicyclic) bond motifs is 2. The van der Waals surface area contributed by atoms with E-state index in [4.69, 9.17) is 4.84 Å². The van der Waals surface area contributed by atoms with Crippen molar-refractivity contribution in [2.45, 2.75) is 84.5 Å². The summed E-state index contributed by atoms with van der Waals surface area (Å²) in [5.41, 5.74) is 2.73. The molecule has 2 amide bonds. The molecule has 1 saturated heterocycles. The molecule has 0 radical (unpaired) electrons. The quantitative estimate of drug-likeness (QED) is 0.306. The number of rotatable bonds is 12. The van der Waals surface area contributed by atoms with Gasteiger partial charge in [0.05, 0.1) is 6.61 Å². The molecule has 0 spiro atoms. The lowest BCUT2D eigenvalue weighted by Crippen LogP contribution is -2.60. The van der Waals surface area contributed by atoms with E-state index in [1.54, 1.807) is 0 Å². The van der Waals surface area contributed by atoms with E-state index in [2.05, 4.69) is 56.2 Å². The standard InChI is InChI=1S/C37H54N4O4/c1-8-29-21-41(45-37(29,23-42)35(44)38-32-18-30-17-31(19-32)36(30,4)5)20-25-11-9-12-26(15-25)27-13-10-14-28(16-27)34(43)39-33(24(2)3)22-40(6)7/h9-16,24,29-33,42H,8,17-23H2,1-7H3,(H,38,44)(H,39,43)/t29-,30-,31+,32?,33-,37+/m0/s1. The van der Waals surface area contributed by atoms with Crippen LogP contribution < -0.4 is 10.6 Å². The average Bonchev–Trinajstić information content (AvgIpc) is 3.39. The lowest BCUT2D eigenvalue weighted by molar-refractivity contribution is -0.217. The molecule has 1 unspecified atom stereocenters. The maximum Gasteiger partial charge on any atom is 0.257 e. The summed E-state index contributed by atoms with van der Waals surface area (Å²) in [6, 6.07) is 16.2. The maximum absolute atomic E-state index is 13.7. The van der Waals surface area contributed by atoms with Crippen LogP contribution in [0.2, 0.25) is 0 Å². The number of carbonyl (C=O) groups excluding carboxylic acids is 2. The van der Waals surface area contributed by atoms with Gasteiger partial charge in [-0.05, 0) is 97.8 Å². The molecule has 8 nitrogen and oxygen atoms in total. The number of amides is 2. The van der Waals surface area contributed by atoms with Gasteiger partial charge in [-0.15, -0.1) is 0 Å². The Balaban J connectivity index is 1.25. The van der Waals surface area contributed by atoms with Crippen LogP contribution in [0.3, 0.4) is 0 Å². The molecular formula is C37H54N4O4. The van der Waals surface area contributed by atoms with Crippen molar-refractivity contribution in [3.63, 3.8) is 0 Å². The normalized spacial score (nSPS) is 28.1. The van der Waals surface area contributed by atoms with Gasteiger partial charge in [0.2, 0.25) is 0 Å². The van der Waals surface area contributed by atoms with Gasteiger partial charge < -0.3 is 20.6 Å². The molecule has 4 fully saturated rings. The van der Waals surface area contributed by atoms with E-state index in [0.717, 1.165) is 42.5 Å². The van der Waals surface area contributed by atoms with Crippen molar-refractivity contribution in [3.05, 3.63) is 59.7 Å². The summed E-state index contributed by atoms with van der Waals surface area (Å²) in [6.07, 6.45) is 4.00. The molecule has 2 aromatic rings. The molecule has 246 valence electrons. The molecule has 0 aromatic heterocycles. The van der Waals surface area contributed by atoms with Crippen LogP contribution in [0.5, 0.6) is 0 Å². The molecule has 8 heteroatoms. The van der Waals surface area contributed by atoms with E-state index in [-0.39, 0.29) is 36.4 Å². The smallest absolute Gasteiger partial charge is 0.257 e. The monoisotopic (exact) mass is 618 g/mol. The van der Waals surface area contributed by atoms with Crippen LogP contribution in [0, 0.1) is 29.1 Å². The lowest BCUT2D eigenvalue weighted by Gasteiger charge is -2.59. The van der Waals surface area contributed by atoms with Crippen molar-refractivity contribution in [3.8, 4) is 11.1 Å². The Labute approximate surface area is 269 Å². The highest BCUT2D eigenvalue weighted by Crippen LogP contribution is 2.59. The first kappa shape index (κ1) is 33.6. The van der Waals surface area contributed by atoms with E-state index in [1.165, 1.54) is 6.42 Å². The van der Waals surface area contributed by atoms with Gasteiger partial charge in [-0.3, -0.25) is 14.4 Å². The fourth-order valence-corrected chi connectivity index (χ4v) is 7.84. The Hall–Kier alpha value is -2.78. The zero-order valence-electron chi connectivity index (χ0n) is 28.3. The summed E-state index contributed by atoms with van der Waals surface area (Å²) in [5, 5.41) is 18.9. The SMILES string of the molecule is CC[C@H]1CN(Cc2cccc(-c3cccc(C(=O)N[C@@H](CN(C)C)C(C)C)c3)c2)O[C@@]1(CO)C(=O)NC1C[C@@H]2C[C@H](C1)C2(C)C. The van der Waals surface area contributed by atoms with Gasteiger partial charge in [-0.1, -0.05) is 65.0 Å². The summed E-state index contributed by atoms with van der Waals surface area (Å²) in [6.45, 7) is 12.5. The highest BCUT2D eigenvalue weighted by molar-refractivity contribution is 5.95. The zero-order chi connectivity index (χ0) is 32.5. The molecule has 3 saturated carbocycles. The zero-order valence-corrected chi connectivity index (χ0v) is 28.3. The molecule has 2 aromatic carbocycles. The fraction of sp³-hybridized carbons (Fsp3) is 0.622. The molecule has 1 heterocycles. The molecule has 6 atom stereocenters. The van der Waals surface area contributed by atoms with Crippen molar-refractivity contribution < 1.29 is 19.5 Å². The third-order valence-electron chi connectivity index (χ3n) is 11.1. The van der Waals surface area contributed by atoms with Crippen molar-refractivity contribution in [1.29, 1.82) is 0 Å². The van der Waals surface area contributed by atoms with Gasteiger partial charge >= 0.3 is 0 Å². The maximum atomic E-state index is 13.7. The number of hydrogen-bond acceptors (Lipinski definition) is 6. The second-order valence-corrected chi connectivity index (χ2v) is 15.0. The van der Waals surface area contributed by atoms with Gasteiger partial charge in [0.1, 0.15) is 0 Å². The molecule has 3 N–H and O–H groups in total. The number of hydroxylamine groups is 2. The average molecular weight is 619 g/mol. The lowest BCUT2D eigenvalue weighted by atomic mass is 9.48. The molecule has 1 aliphatic heterocycles. The Kier molecular flexibility index (Phi) is 10.1. The van der Waals surface area contributed by atoms with Crippen molar-refractivity contribution in [2.24, 2.45) is 29.1 Å². The van der Waals surface area contributed by atoms with Crippen LogP contribution in [0.25, 0.3) is 11.1 Å². The van der Waals surface area contributed by atoms with Gasteiger partial charge in [-0.25, -0.2) is 0 Å². The third-order valence-corrected chi connectivity index (χ3v) is 11.1. The Bertz CT molecular complexity index is 1350. The first-order chi connectivity index (χ1) is 21.4. The highest BCUT2D eigenvalue weighted by atomic mass is 16.7. The van der Waals surface area contributed by atoms with Crippen LogP contribution in [0.4, 0.5) is 0 Å². The van der Waals surface area contributed by atoms with E-state index in [0.29, 0.717) is 41.8 Å². The van der Waals surface area contributed by atoms with Crippen LogP contribution >= 0.6 is 0 Å². The van der Waals surface area contributed by atoms with Crippen LogP contribution in [0.15, 0.2) is 48.5 Å². The summed E-state index contributed by atoms with van der Waals surface area (Å²) in [4.78, 5) is 35.4. The molecule has 3 aliphatic carbocycles. The minimum absolute atomic E-state index is 0.0560. The number of hydrogen-bond donors (Lipinski definition) is 3. The largest absolute Gasteiger partial charge is 0.393 e. The predicted molar refractivity (Wildman–Crippen MR) is 178 cm³/mol. The van der Waals surface area contributed by atoms with Gasteiger partial charge in [0.15, 0.2) is 5.60 Å².